The van der Waals surface area contributed by atoms with Crippen LogP contribution in [0.1, 0.15) is 36.7 Å². The molecule has 0 saturated heterocycles. The fourth-order valence-electron chi connectivity index (χ4n) is 1.86. The first-order valence-corrected chi connectivity index (χ1v) is 6.55. The Kier molecular flexibility index (Phi) is 5.86. The fourth-order valence-corrected chi connectivity index (χ4v) is 1.86. The summed E-state index contributed by atoms with van der Waals surface area (Å²) in [5, 5.41) is 0. The summed E-state index contributed by atoms with van der Waals surface area (Å²) in [5.74, 6) is 0.752. The number of hydrogen-bond acceptors (Lipinski definition) is 3. The molecule has 0 radical (unpaired) electrons. The maximum Gasteiger partial charge on any atom is 0.163 e. The zero-order valence-corrected chi connectivity index (χ0v) is 11.8. The van der Waals surface area contributed by atoms with Crippen LogP contribution in [0.3, 0.4) is 0 Å². The first-order valence-electron chi connectivity index (χ1n) is 6.55. The van der Waals surface area contributed by atoms with E-state index in [9.17, 15) is 4.79 Å². The zero-order chi connectivity index (χ0) is 13.5. The smallest absolute Gasteiger partial charge is 0.163 e. The van der Waals surface area contributed by atoms with Crippen molar-refractivity contribution in [2.75, 3.05) is 26.2 Å². The van der Waals surface area contributed by atoms with E-state index in [0.717, 1.165) is 25.2 Å². The van der Waals surface area contributed by atoms with E-state index < -0.39 is 0 Å². The largest absolute Gasteiger partial charge is 0.491 e. The summed E-state index contributed by atoms with van der Waals surface area (Å²) in [7, 11) is 0. The molecule has 0 unspecified atom stereocenters. The van der Waals surface area contributed by atoms with Crippen LogP contribution in [0.4, 0.5) is 0 Å². The summed E-state index contributed by atoms with van der Waals surface area (Å²) >= 11 is 0. The van der Waals surface area contributed by atoms with Gasteiger partial charge in [-0.15, -0.1) is 0 Å². The van der Waals surface area contributed by atoms with Gasteiger partial charge in [0.05, 0.1) is 5.56 Å². The molecule has 0 atom stereocenters. The topological polar surface area (TPSA) is 29.5 Å². The molecule has 0 aromatic heterocycles. The third-order valence-corrected chi connectivity index (χ3v) is 3.08. The highest BCUT2D eigenvalue weighted by Crippen LogP contribution is 2.20. The molecule has 0 N–H and O–H groups in total. The van der Waals surface area contributed by atoms with Crippen molar-refractivity contribution < 1.29 is 9.53 Å². The maximum absolute atomic E-state index is 11.5. The van der Waals surface area contributed by atoms with Gasteiger partial charge in [-0.25, -0.2) is 0 Å². The van der Waals surface area contributed by atoms with Gasteiger partial charge in [-0.1, -0.05) is 19.9 Å². The van der Waals surface area contributed by atoms with Crippen molar-refractivity contribution in [1.82, 2.24) is 4.90 Å². The summed E-state index contributed by atoms with van der Waals surface area (Å²) in [5.41, 5.74) is 1.78. The molecule has 1 aromatic carbocycles. The standard InChI is InChI=1S/C15H23NO2/c1-5-16(6-2)9-10-18-15-11-12(3)7-8-14(15)13(4)17/h7-8,11H,5-6,9-10H2,1-4H3. The van der Waals surface area contributed by atoms with E-state index in [-0.39, 0.29) is 5.78 Å². The van der Waals surface area contributed by atoms with Crippen molar-refractivity contribution in [2.45, 2.75) is 27.7 Å². The number of benzene rings is 1. The molecule has 3 heteroatoms. The Balaban J connectivity index is 2.66. The van der Waals surface area contributed by atoms with E-state index in [0.29, 0.717) is 17.9 Å². The maximum atomic E-state index is 11.5. The van der Waals surface area contributed by atoms with Gasteiger partial charge in [-0.05, 0) is 44.6 Å². The van der Waals surface area contributed by atoms with Crippen LogP contribution in [0.5, 0.6) is 5.75 Å². The number of hydrogen-bond donors (Lipinski definition) is 0. The summed E-state index contributed by atoms with van der Waals surface area (Å²) in [6.07, 6.45) is 0. The lowest BCUT2D eigenvalue weighted by Gasteiger charge is -2.18. The second kappa shape index (κ2) is 7.17. The van der Waals surface area contributed by atoms with Crippen LogP contribution in [-0.2, 0) is 0 Å². The number of nitrogens with zero attached hydrogens (tertiary/aromatic N) is 1. The third-order valence-electron chi connectivity index (χ3n) is 3.08. The normalized spacial score (nSPS) is 10.7. The van der Waals surface area contributed by atoms with Gasteiger partial charge in [-0.3, -0.25) is 4.79 Å². The molecular weight excluding hydrogens is 226 g/mol. The molecule has 3 nitrogen and oxygen atoms in total. The van der Waals surface area contributed by atoms with Crippen LogP contribution in [0.25, 0.3) is 0 Å². The highest BCUT2D eigenvalue weighted by Gasteiger charge is 2.09. The molecule has 100 valence electrons. The molecule has 0 fully saturated rings. The monoisotopic (exact) mass is 249 g/mol. The minimum absolute atomic E-state index is 0.0489. The number of Topliss-reactive ketones (excluding diaryl/α,β-unsaturated/α-hetero) is 1. The van der Waals surface area contributed by atoms with Gasteiger partial charge < -0.3 is 9.64 Å². The molecule has 1 aromatic rings. The average molecular weight is 249 g/mol. The molecule has 18 heavy (non-hydrogen) atoms. The van der Waals surface area contributed by atoms with Gasteiger partial charge in [0.15, 0.2) is 5.78 Å². The van der Waals surface area contributed by atoms with Crippen LogP contribution in [-0.4, -0.2) is 36.9 Å². The zero-order valence-electron chi connectivity index (χ0n) is 11.8. The second-order valence-electron chi connectivity index (χ2n) is 4.43. The van der Waals surface area contributed by atoms with E-state index in [2.05, 4.69) is 18.7 Å². The van der Waals surface area contributed by atoms with E-state index >= 15 is 0 Å². The van der Waals surface area contributed by atoms with Gasteiger partial charge in [0, 0.05) is 6.54 Å². The number of carbonyl (C=O) groups excluding carboxylic acids is 1. The second-order valence-corrected chi connectivity index (χ2v) is 4.43. The van der Waals surface area contributed by atoms with Gasteiger partial charge >= 0.3 is 0 Å². The average Bonchev–Trinajstić information content (AvgIpc) is 2.34. The first kappa shape index (κ1) is 14.7. The number of likely N-dealkylation sites (N-methyl/N-ethyl adjacent to an activating group) is 1. The predicted octanol–water partition coefficient (Wildman–Crippen LogP) is 2.92. The molecule has 0 saturated carbocycles. The molecule has 0 aliphatic heterocycles. The lowest BCUT2D eigenvalue weighted by atomic mass is 10.1. The lowest BCUT2D eigenvalue weighted by Crippen LogP contribution is -2.28. The summed E-state index contributed by atoms with van der Waals surface area (Å²) in [6.45, 7) is 11.4. The quantitative estimate of drug-likeness (QED) is 0.696. The van der Waals surface area contributed by atoms with Gasteiger partial charge in [-0.2, -0.15) is 0 Å². The molecular formula is C15H23NO2. The van der Waals surface area contributed by atoms with Crippen molar-refractivity contribution >= 4 is 5.78 Å². The highest BCUT2D eigenvalue weighted by molar-refractivity contribution is 5.96. The number of ether oxygens (including phenoxy) is 1. The lowest BCUT2D eigenvalue weighted by molar-refractivity contribution is 0.101. The van der Waals surface area contributed by atoms with E-state index in [1.165, 1.54) is 0 Å². The first-order chi connectivity index (χ1) is 8.58. The van der Waals surface area contributed by atoms with Crippen LogP contribution in [0.2, 0.25) is 0 Å². The van der Waals surface area contributed by atoms with E-state index in [1.54, 1.807) is 6.92 Å². The van der Waals surface area contributed by atoms with Crippen LogP contribution in [0.15, 0.2) is 18.2 Å². The van der Waals surface area contributed by atoms with Gasteiger partial charge in [0.2, 0.25) is 0 Å². The minimum atomic E-state index is 0.0489. The van der Waals surface area contributed by atoms with Crippen LogP contribution in [0, 0.1) is 6.92 Å². The molecule has 0 amide bonds. The summed E-state index contributed by atoms with van der Waals surface area (Å²) in [4.78, 5) is 13.8. The summed E-state index contributed by atoms with van der Waals surface area (Å²) < 4.78 is 5.75. The molecule has 0 aliphatic rings. The number of aryl methyl sites for hydroxylation is 1. The highest BCUT2D eigenvalue weighted by atomic mass is 16.5. The number of carbonyl (C=O) groups is 1. The van der Waals surface area contributed by atoms with Crippen molar-refractivity contribution in [3.8, 4) is 5.75 Å². The van der Waals surface area contributed by atoms with E-state index in [1.807, 2.05) is 25.1 Å². The minimum Gasteiger partial charge on any atom is -0.491 e. The molecule has 0 spiro atoms. The predicted molar refractivity (Wildman–Crippen MR) is 74.5 cm³/mol. The van der Waals surface area contributed by atoms with Gasteiger partial charge in [0.1, 0.15) is 12.4 Å². The SMILES string of the molecule is CCN(CC)CCOc1cc(C)ccc1C(C)=O. The Morgan fingerprint density at radius 3 is 2.50 bits per heavy atom. The van der Waals surface area contributed by atoms with Crippen molar-refractivity contribution in [2.24, 2.45) is 0 Å². The molecule has 0 heterocycles. The van der Waals surface area contributed by atoms with Crippen LogP contribution >= 0.6 is 0 Å². The third kappa shape index (κ3) is 4.15. The van der Waals surface area contributed by atoms with Gasteiger partial charge in [0.25, 0.3) is 0 Å². The van der Waals surface area contributed by atoms with E-state index in [4.69, 9.17) is 4.74 Å². The molecule has 1 rings (SSSR count). The Morgan fingerprint density at radius 1 is 1.28 bits per heavy atom. The number of ketones is 1. The van der Waals surface area contributed by atoms with Crippen molar-refractivity contribution in [1.29, 1.82) is 0 Å². The van der Waals surface area contributed by atoms with Crippen molar-refractivity contribution in [3.63, 3.8) is 0 Å². The number of rotatable bonds is 7. The van der Waals surface area contributed by atoms with Crippen molar-refractivity contribution in [3.05, 3.63) is 29.3 Å². The summed E-state index contributed by atoms with van der Waals surface area (Å²) in [6, 6.07) is 5.71. The fraction of sp³-hybridized carbons (Fsp3) is 0.533. The molecule has 0 bridgehead atoms. The van der Waals surface area contributed by atoms with Crippen LogP contribution < -0.4 is 4.74 Å². The molecule has 0 aliphatic carbocycles. The Labute approximate surface area is 110 Å². The Hall–Kier alpha value is -1.35. The Bertz CT molecular complexity index is 397. The Morgan fingerprint density at radius 2 is 1.94 bits per heavy atom.